The van der Waals surface area contributed by atoms with Crippen LogP contribution in [0.15, 0.2) is 0 Å². The molecule has 0 saturated heterocycles. The molecule has 0 aromatic heterocycles. The van der Waals surface area contributed by atoms with Crippen LogP contribution in [0.5, 0.6) is 0 Å². The molecule has 1 aliphatic rings. The number of carbonyl (C=O) groups excluding carboxylic acids is 2. The van der Waals surface area contributed by atoms with E-state index in [1.807, 2.05) is 6.92 Å². The highest BCUT2D eigenvalue weighted by atomic mass is 16.4. The zero-order valence-corrected chi connectivity index (χ0v) is 12.7. The predicted octanol–water partition coefficient (Wildman–Crippen LogP) is 0.797. The summed E-state index contributed by atoms with van der Waals surface area (Å²) in [5, 5.41) is 14.6. The Hall–Kier alpha value is -1.79. The lowest BCUT2D eigenvalue weighted by Crippen LogP contribution is -2.51. The standard InChI is InChI=1S/C14H25N3O4/c1-3-8-15-12(18)9-17(2)14(21)16-11-7-5-4-6-10(11)13(19)20/h10-11H,3-9H2,1-2H3,(H,15,18)(H,16,21)(H,19,20). The number of carbonyl (C=O) groups is 3. The minimum atomic E-state index is -0.872. The fraction of sp³-hybridized carbons (Fsp3) is 0.786. The first-order chi connectivity index (χ1) is 9.95. The van der Waals surface area contributed by atoms with Crippen molar-refractivity contribution in [3.63, 3.8) is 0 Å². The quantitative estimate of drug-likeness (QED) is 0.675. The molecular formula is C14H25N3O4. The maximum Gasteiger partial charge on any atom is 0.317 e. The molecule has 2 atom stereocenters. The smallest absolute Gasteiger partial charge is 0.317 e. The van der Waals surface area contributed by atoms with E-state index in [1.165, 1.54) is 11.9 Å². The van der Waals surface area contributed by atoms with Crippen molar-refractivity contribution in [3.8, 4) is 0 Å². The lowest BCUT2D eigenvalue weighted by atomic mass is 9.84. The number of nitrogens with one attached hydrogen (secondary N) is 2. The summed E-state index contributed by atoms with van der Waals surface area (Å²) >= 11 is 0. The van der Waals surface area contributed by atoms with Crippen LogP contribution in [0.25, 0.3) is 0 Å². The van der Waals surface area contributed by atoms with Gasteiger partial charge in [-0.25, -0.2) is 4.79 Å². The Morgan fingerprint density at radius 2 is 1.90 bits per heavy atom. The molecule has 2 unspecified atom stereocenters. The van der Waals surface area contributed by atoms with E-state index in [1.54, 1.807) is 0 Å². The zero-order chi connectivity index (χ0) is 15.8. The largest absolute Gasteiger partial charge is 0.481 e. The van der Waals surface area contributed by atoms with E-state index in [4.69, 9.17) is 0 Å². The molecule has 0 heterocycles. The molecular weight excluding hydrogens is 274 g/mol. The Kier molecular flexibility index (Phi) is 6.98. The van der Waals surface area contributed by atoms with Crippen molar-refractivity contribution < 1.29 is 19.5 Å². The van der Waals surface area contributed by atoms with Gasteiger partial charge in [-0.2, -0.15) is 0 Å². The van der Waals surface area contributed by atoms with Crippen LogP contribution < -0.4 is 10.6 Å². The van der Waals surface area contributed by atoms with Crippen LogP contribution in [0.1, 0.15) is 39.0 Å². The molecule has 0 spiro atoms. The van der Waals surface area contributed by atoms with E-state index in [2.05, 4.69) is 10.6 Å². The number of nitrogens with zero attached hydrogens (tertiary/aromatic N) is 1. The van der Waals surface area contributed by atoms with Gasteiger partial charge in [0, 0.05) is 19.6 Å². The molecule has 0 aromatic rings. The van der Waals surface area contributed by atoms with E-state index in [-0.39, 0.29) is 18.5 Å². The van der Waals surface area contributed by atoms with Crippen molar-refractivity contribution in [3.05, 3.63) is 0 Å². The number of urea groups is 1. The van der Waals surface area contributed by atoms with Crippen LogP contribution in [0, 0.1) is 5.92 Å². The van der Waals surface area contributed by atoms with Crippen LogP contribution in [-0.2, 0) is 9.59 Å². The molecule has 0 aliphatic heterocycles. The number of amides is 3. The van der Waals surface area contributed by atoms with Gasteiger partial charge in [0.2, 0.25) is 5.91 Å². The van der Waals surface area contributed by atoms with Crippen molar-refractivity contribution in [2.45, 2.75) is 45.1 Å². The summed E-state index contributed by atoms with van der Waals surface area (Å²) in [6, 6.07) is -0.760. The van der Waals surface area contributed by atoms with E-state index in [0.717, 1.165) is 19.3 Å². The number of carboxylic acid groups (broad SMARTS) is 1. The summed E-state index contributed by atoms with van der Waals surface area (Å²) in [6.45, 7) is 2.50. The Morgan fingerprint density at radius 1 is 1.24 bits per heavy atom. The van der Waals surface area contributed by atoms with Gasteiger partial charge in [-0.3, -0.25) is 9.59 Å². The number of hydrogen-bond donors (Lipinski definition) is 3. The second-order valence-corrected chi connectivity index (χ2v) is 5.49. The van der Waals surface area contributed by atoms with Gasteiger partial charge >= 0.3 is 12.0 Å². The third-order valence-corrected chi connectivity index (χ3v) is 3.69. The summed E-state index contributed by atoms with van der Waals surface area (Å²) in [7, 11) is 1.53. The molecule has 120 valence electrons. The van der Waals surface area contributed by atoms with Crippen molar-refractivity contribution in [2.24, 2.45) is 5.92 Å². The molecule has 7 nitrogen and oxygen atoms in total. The summed E-state index contributed by atoms with van der Waals surface area (Å²) in [5.41, 5.74) is 0. The van der Waals surface area contributed by atoms with Crippen LogP contribution in [0.4, 0.5) is 4.79 Å². The molecule has 0 aromatic carbocycles. The third-order valence-electron chi connectivity index (χ3n) is 3.69. The number of carboxylic acids is 1. The highest BCUT2D eigenvalue weighted by Gasteiger charge is 2.32. The van der Waals surface area contributed by atoms with Gasteiger partial charge in [0.25, 0.3) is 0 Å². The predicted molar refractivity (Wildman–Crippen MR) is 77.8 cm³/mol. The topological polar surface area (TPSA) is 98.7 Å². The number of hydrogen-bond acceptors (Lipinski definition) is 3. The Balaban J connectivity index is 2.46. The number of rotatable bonds is 6. The maximum atomic E-state index is 12.0. The molecule has 1 fully saturated rings. The fourth-order valence-electron chi connectivity index (χ4n) is 2.48. The second-order valence-electron chi connectivity index (χ2n) is 5.49. The second kappa shape index (κ2) is 8.49. The Bertz CT molecular complexity index is 386. The summed E-state index contributed by atoms with van der Waals surface area (Å²) in [4.78, 5) is 36.0. The Labute approximate surface area is 125 Å². The molecule has 7 heteroatoms. The number of likely N-dealkylation sites (N-methyl/N-ethyl adjacent to an activating group) is 1. The monoisotopic (exact) mass is 299 g/mol. The van der Waals surface area contributed by atoms with E-state index in [0.29, 0.717) is 19.4 Å². The van der Waals surface area contributed by atoms with Crippen molar-refractivity contribution in [2.75, 3.05) is 20.1 Å². The van der Waals surface area contributed by atoms with Gasteiger partial charge in [0.05, 0.1) is 5.92 Å². The highest BCUT2D eigenvalue weighted by Crippen LogP contribution is 2.24. The maximum absolute atomic E-state index is 12.0. The SMILES string of the molecule is CCCNC(=O)CN(C)C(=O)NC1CCCCC1C(=O)O. The molecule has 1 aliphatic carbocycles. The third kappa shape index (κ3) is 5.61. The Morgan fingerprint density at radius 3 is 2.52 bits per heavy atom. The first kappa shape index (κ1) is 17.3. The van der Waals surface area contributed by atoms with E-state index < -0.39 is 17.9 Å². The average Bonchev–Trinajstić information content (AvgIpc) is 2.45. The molecule has 0 bridgehead atoms. The van der Waals surface area contributed by atoms with Crippen LogP contribution in [0.2, 0.25) is 0 Å². The molecule has 3 amide bonds. The van der Waals surface area contributed by atoms with Gasteiger partial charge < -0.3 is 20.6 Å². The zero-order valence-electron chi connectivity index (χ0n) is 12.7. The van der Waals surface area contributed by atoms with Gasteiger partial charge in [-0.05, 0) is 19.3 Å². The lowest BCUT2D eigenvalue weighted by Gasteiger charge is -2.30. The van der Waals surface area contributed by atoms with Crippen LogP contribution in [-0.4, -0.2) is 54.1 Å². The minimum absolute atomic E-state index is 0.0315. The average molecular weight is 299 g/mol. The molecule has 0 radical (unpaired) electrons. The van der Waals surface area contributed by atoms with E-state index in [9.17, 15) is 19.5 Å². The van der Waals surface area contributed by atoms with Crippen molar-refractivity contribution in [1.82, 2.24) is 15.5 Å². The van der Waals surface area contributed by atoms with Crippen LogP contribution in [0.3, 0.4) is 0 Å². The summed E-state index contributed by atoms with van der Waals surface area (Å²) < 4.78 is 0. The summed E-state index contributed by atoms with van der Waals surface area (Å²) in [6.07, 6.45) is 3.87. The minimum Gasteiger partial charge on any atom is -0.481 e. The molecule has 1 saturated carbocycles. The first-order valence-electron chi connectivity index (χ1n) is 7.46. The molecule has 1 rings (SSSR count). The number of aliphatic carboxylic acids is 1. The van der Waals surface area contributed by atoms with Crippen molar-refractivity contribution in [1.29, 1.82) is 0 Å². The lowest BCUT2D eigenvalue weighted by molar-refractivity contribution is -0.143. The summed E-state index contributed by atoms with van der Waals surface area (Å²) in [5.74, 6) is -1.62. The molecule has 3 N–H and O–H groups in total. The van der Waals surface area contributed by atoms with Gasteiger partial charge in [0.1, 0.15) is 6.54 Å². The van der Waals surface area contributed by atoms with Crippen LogP contribution >= 0.6 is 0 Å². The fourth-order valence-corrected chi connectivity index (χ4v) is 2.48. The van der Waals surface area contributed by atoms with Gasteiger partial charge in [-0.15, -0.1) is 0 Å². The van der Waals surface area contributed by atoms with Gasteiger partial charge in [-0.1, -0.05) is 19.8 Å². The van der Waals surface area contributed by atoms with Crippen molar-refractivity contribution >= 4 is 17.9 Å². The van der Waals surface area contributed by atoms with E-state index >= 15 is 0 Å². The highest BCUT2D eigenvalue weighted by molar-refractivity contribution is 5.84. The molecule has 21 heavy (non-hydrogen) atoms. The first-order valence-corrected chi connectivity index (χ1v) is 7.46. The normalized spacial score (nSPS) is 21.4. The van der Waals surface area contributed by atoms with Gasteiger partial charge in [0.15, 0.2) is 0 Å².